The molecule has 2 heterocycles. The summed E-state index contributed by atoms with van der Waals surface area (Å²) in [6.45, 7) is 5.70. The Hall–Kier alpha value is -1.82. The van der Waals surface area contributed by atoms with Crippen molar-refractivity contribution in [3.05, 3.63) is 27.1 Å². The number of halogens is 1. The van der Waals surface area contributed by atoms with Crippen LogP contribution in [0.25, 0.3) is 11.0 Å². The van der Waals surface area contributed by atoms with Crippen LogP contribution in [0.3, 0.4) is 0 Å². The Balaban J connectivity index is 2.71. The van der Waals surface area contributed by atoms with Gasteiger partial charge in [0.15, 0.2) is 0 Å². The fourth-order valence-electron chi connectivity index (χ4n) is 1.83. The van der Waals surface area contributed by atoms with E-state index in [0.717, 1.165) is 0 Å². The number of pyridine rings is 1. The molecule has 2 aromatic rings. The van der Waals surface area contributed by atoms with Crippen LogP contribution in [0.5, 0.6) is 0 Å². The van der Waals surface area contributed by atoms with Gasteiger partial charge in [-0.05, 0) is 20.8 Å². The zero-order valence-electron chi connectivity index (χ0n) is 10.9. The van der Waals surface area contributed by atoms with Gasteiger partial charge in [-0.2, -0.15) is 5.10 Å². The van der Waals surface area contributed by atoms with Gasteiger partial charge in [0.1, 0.15) is 11.2 Å². The van der Waals surface area contributed by atoms with E-state index < -0.39 is 11.5 Å². The third kappa shape index (κ3) is 2.23. The molecule has 102 valence electrons. The minimum atomic E-state index is -0.729. The van der Waals surface area contributed by atoms with Crippen LogP contribution < -0.4 is 5.56 Å². The van der Waals surface area contributed by atoms with Gasteiger partial charge < -0.3 is 9.72 Å². The standard InChI is InChI=1S/C12H14ClN3O3/c1-4-19-12(18)8-9(13)7-5-14-16(6(2)3)10(7)15-11(8)17/h5-6H,4H2,1-3H3,(H,15,17). The molecule has 0 aliphatic heterocycles. The number of H-pyrrole nitrogens is 1. The van der Waals surface area contributed by atoms with E-state index in [4.69, 9.17) is 16.3 Å². The van der Waals surface area contributed by atoms with Crippen molar-refractivity contribution < 1.29 is 9.53 Å². The van der Waals surface area contributed by atoms with Gasteiger partial charge in [0.05, 0.1) is 23.2 Å². The molecular formula is C12H14ClN3O3. The molecule has 2 rings (SSSR count). The SMILES string of the molecule is CCOC(=O)c1c(Cl)c2cnn(C(C)C)c2[nH]c1=O. The average Bonchev–Trinajstić information content (AvgIpc) is 2.73. The number of carbonyl (C=O) groups excluding carboxylic acids is 1. The summed E-state index contributed by atoms with van der Waals surface area (Å²) in [4.78, 5) is 26.3. The van der Waals surface area contributed by atoms with Gasteiger partial charge in [0.25, 0.3) is 5.56 Å². The smallest absolute Gasteiger partial charge is 0.345 e. The number of hydrogen-bond donors (Lipinski definition) is 1. The Morgan fingerprint density at radius 3 is 2.84 bits per heavy atom. The summed E-state index contributed by atoms with van der Waals surface area (Å²) in [7, 11) is 0. The molecule has 7 heteroatoms. The molecule has 6 nitrogen and oxygen atoms in total. The van der Waals surface area contributed by atoms with E-state index in [-0.39, 0.29) is 23.2 Å². The number of esters is 1. The van der Waals surface area contributed by atoms with Crippen molar-refractivity contribution in [2.24, 2.45) is 0 Å². The van der Waals surface area contributed by atoms with Crippen LogP contribution >= 0.6 is 11.6 Å². The van der Waals surface area contributed by atoms with Crippen molar-refractivity contribution in [2.45, 2.75) is 26.8 Å². The predicted molar refractivity (Wildman–Crippen MR) is 71.7 cm³/mol. The fourth-order valence-corrected chi connectivity index (χ4v) is 2.13. The molecule has 0 saturated carbocycles. The molecule has 0 fully saturated rings. The van der Waals surface area contributed by atoms with E-state index in [1.54, 1.807) is 11.6 Å². The fraction of sp³-hybridized carbons (Fsp3) is 0.417. The average molecular weight is 284 g/mol. The van der Waals surface area contributed by atoms with E-state index in [9.17, 15) is 9.59 Å². The number of carbonyl (C=O) groups is 1. The van der Waals surface area contributed by atoms with Crippen LogP contribution in [0.15, 0.2) is 11.0 Å². The maximum atomic E-state index is 12.0. The number of aromatic nitrogens is 3. The predicted octanol–water partition coefficient (Wildman–Crippen LogP) is 2.14. The molecule has 0 spiro atoms. The monoisotopic (exact) mass is 283 g/mol. The third-order valence-electron chi connectivity index (χ3n) is 2.68. The lowest BCUT2D eigenvalue weighted by Crippen LogP contribution is -2.21. The highest BCUT2D eigenvalue weighted by atomic mass is 35.5. The minimum absolute atomic E-state index is 0.0673. The second-order valence-electron chi connectivity index (χ2n) is 4.31. The first kappa shape index (κ1) is 13.6. The number of rotatable bonds is 3. The molecule has 1 N–H and O–H groups in total. The summed E-state index contributed by atoms with van der Waals surface area (Å²) in [5.74, 6) is -0.729. The lowest BCUT2D eigenvalue weighted by molar-refractivity contribution is 0.0524. The zero-order valence-corrected chi connectivity index (χ0v) is 11.6. The number of hydrogen-bond acceptors (Lipinski definition) is 4. The van der Waals surface area contributed by atoms with Crippen LogP contribution in [-0.4, -0.2) is 27.3 Å². The molecule has 0 bridgehead atoms. The molecule has 0 aromatic carbocycles. The number of nitrogens with one attached hydrogen (secondary N) is 1. The molecule has 0 radical (unpaired) electrons. The van der Waals surface area contributed by atoms with E-state index in [2.05, 4.69) is 10.1 Å². The van der Waals surface area contributed by atoms with E-state index in [1.807, 2.05) is 13.8 Å². The molecule has 0 atom stereocenters. The summed E-state index contributed by atoms with van der Waals surface area (Å²) >= 11 is 6.12. The van der Waals surface area contributed by atoms with Crippen molar-refractivity contribution >= 4 is 28.6 Å². The van der Waals surface area contributed by atoms with E-state index >= 15 is 0 Å². The Morgan fingerprint density at radius 1 is 1.58 bits per heavy atom. The number of nitrogens with zero attached hydrogens (tertiary/aromatic N) is 2. The van der Waals surface area contributed by atoms with Crippen molar-refractivity contribution in [3.63, 3.8) is 0 Å². The minimum Gasteiger partial charge on any atom is -0.462 e. The molecule has 2 aromatic heterocycles. The van der Waals surface area contributed by atoms with Gasteiger partial charge in [0, 0.05) is 6.04 Å². The topological polar surface area (TPSA) is 77.0 Å². The normalized spacial score (nSPS) is 11.2. The van der Waals surface area contributed by atoms with Crippen LogP contribution in [0.4, 0.5) is 0 Å². The summed E-state index contributed by atoms with van der Waals surface area (Å²) in [5.41, 5.74) is -0.254. The van der Waals surface area contributed by atoms with Crippen LogP contribution in [0, 0.1) is 0 Å². The zero-order chi connectivity index (χ0) is 14.2. The Morgan fingerprint density at radius 2 is 2.26 bits per heavy atom. The number of fused-ring (bicyclic) bond motifs is 1. The second kappa shape index (κ2) is 5.05. The lowest BCUT2D eigenvalue weighted by atomic mass is 10.2. The van der Waals surface area contributed by atoms with Gasteiger partial charge in [-0.15, -0.1) is 0 Å². The van der Waals surface area contributed by atoms with Gasteiger partial charge in [-0.3, -0.25) is 4.79 Å². The third-order valence-corrected chi connectivity index (χ3v) is 3.07. The Bertz CT molecular complexity index is 687. The van der Waals surface area contributed by atoms with Gasteiger partial charge >= 0.3 is 5.97 Å². The lowest BCUT2D eigenvalue weighted by Gasteiger charge is -2.08. The summed E-state index contributed by atoms with van der Waals surface area (Å²) in [6, 6.07) is 0.0673. The van der Waals surface area contributed by atoms with Crippen molar-refractivity contribution in [2.75, 3.05) is 6.61 Å². The van der Waals surface area contributed by atoms with Gasteiger partial charge in [-0.25, -0.2) is 9.48 Å². The first-order chi connectivity index (χ1) is 8.97. The van der Waals surface area contributed by atoms with Crippen LogP contribution in [0.1, 0.15) is 37.2 Å². The summed E-state index contributed by atoms with van der Waals surface area (Å²) in [5, 5.41) is 4.75. The summed E-state index contributed by atoms with van der Waals surface area (Å²) < 4.78 is 6.46. The highest BCUT2D eigenvalue weighted by Crippen LogP contribution is 2.25. The summed E-state index contributed by atoms with van der Waals surface area (Å²) in [6.07, 6.45) is 1.52. The quantitative estimate of drug-likeness (QED) is 0.876. The molecule has 0 aliphatic carbocycles. The van der Waals surface area contributed by atoms with Crippen molar-refractivity contribution in [1.82, 2.24) is 14.8 Å². The van der Waals surface area contributed by atoms with E-state index in [1.165, 1.54) is 6.20 Å². The number of ether oxygens (including phenoxy) is 1. The van der Waals surface area contributed by atoms with Gasteiger partial charge in [0.2, 0.25) is 0 Å². The molecule has 0 amide bonds. The molecular weight excluding hydrogens is 270 g/mol. The van der Waals surface area contributed by atoms with Crippen LogP contribution in [0.2, 0.25) is 5.02 Å². The highest BCUT2D eigenvalue weighted by Gasteiger charge is 2.21. The first-order valence-corrected chi connectivity index (χ1v) is 6.31. The Labute approximate surface area is 114 Å². The second-order valence-corrected chi connectivity index (χ2v) is 4.69. The molecule has 0 aliphatic rings. The maximum absolute atomic E-state index is 12.0. The molecule has 0 saturated heterocycles. The molecule has 0 unspecified atom stereocenters. The number of aromatic amines is 1. The highest BCUT2D eigenvalue weighted by molar-refractivity contribution is 6.38. The Kier molecular flexibility index (Phi) is 3.61. The first-order valence-electron chi connectivity index (χ1n) is 5.93. The van der Waals surface area contributed by atoms with Crippen molar-refractivity contribution in [1.29, 1.82) is 0 Å². The largest absolute Gasteiger partial charge is 0.462 e. The van der Waals surface area contributed by atoms with Crippen molar-refractivity contribution in [3.8, 4) is 0 Å². The maximum Gasteiger partial charge on any atom is 0.345 e. The van der Waals surface area contributed by atoms with Gasteiger partial charge in [-0.1, -0.05) is 11.6 Å². The van der Waals surface area contributed by atoms with E-state index in [0.29, 0.717) is 11.0 Å². The molecule has 19 heavy (non-hydrogen) atoms. The van der Waals surface area contributed by atoms with Crippen LogP contribution in [-0.2, 0) is 4.74 Å².